The molecule has 0 unspecified atom stereocenters. The van der Waals surface area contributed by atoms with E-state index in [9.17, 15) is 8.42 Å². The third kappa shape index (κ3) is 3.22. The van der Waals surface area contributed by atoms with Crippen LogP contribution in [0.5, 0.6) is 0 Å². The largest absolute Gasteiger partial charge is 0.261 e. The van der Waals surface area contributed by atoms with Crippen LogP contribution in [0.3, 0.4) is 0 Å². The topological polar surface area (TPSA) is 34.1 Å². The molecule has 1 aromatic rings. The molecule has 0 N–H and O–H groups in total. The van der Waals surface area contributed by atoms with E-state index < -0.39 is 9.05 Å². The summed E-state index contributed by atoms with van der Waals surface area (Å²) in [6.07, 6.45) is 0.626. The molecule has 0 atom stereocenters. The summed E-state index contributed by atoms with van der Waals surface area (Å²) in [7, 11) is 1.65. The maximum atomic E-state index is 11.2. The maximum absolute atomic E-state index is 11.2. The summed E-state index contributed by atoms with van der Waals surface area (Å²) in [5.74, 6) is 0. The van der Waals surface area contributed by atoms with Crippen molar-refractivity contribution < 1.29 is 8.42 Å². The predicted octanol–water partition coefficient (Wildman–Crippen LogP) is 3.31. The molecule has 1 rings (SSSR count). The Labute approximate surface area is 104 Å². The molecule has 0 spiro atoms. The van der Waals surface area contributed by atoms with Gasteiger partial charge in [0, 0.05) is 20.5 Å². The second-order valence-electron chi connectivity index (χ2n) is 2.63. The minimum atomic E-state index is -3.64. The SMILES string of the molecule is O=S(=O)(Cl)c1ccc(Br)cc1CCBr. The summed E-state index contributed by atoms with van der Waals surface area (Å²) >= 11 is 6.54. The average molecular weight is 362 g/mol. The Kier molecular flexibility index (Phi) is 4.43. The zero-order valence-electron chi connectivity index (χ0n) is 7.00. The highest BCUT2D eigenvalue weighted by Crippen LogP contribution is 2.24. The third-order valence-corrected chi connectivity index (χ3v) is 3.96. The lowest BCUT2D eigenvalue weighted by Gasteiger charge is -2.05. The molecule has 0 aliphatic heterocycles. The van der Waals surface area contributed by atoms with Gasteiger partial charge in [-0.05, 0) is 30.2 Å². The van der Waals surface area contributed by atoms with Crippen molar-refractivity contribution in [1.82, 2.24) is 0 Å². The molecule has 78 valence electrons. The van der Waals surface area contributed by atoms with Crippen LogP contribution in [0, 0.1) is 0 Å². The van der Waals surface area contributed by atoms with Crippen LogP contribution in [0.15, 0.2) is 27.6 Å². The van der Waals surface area contributed by atoms with Gasteiger partial charge in [-0.1, -0.05) is 31.9 Å². The van der Waals surface area contributed by atoms with E-state index in [1.54, 1.807) is 12.1 Å². The molecule has 0 radical (unpaired) electrons. The van der Waals surface area contributed by atoms with Crippen molar-refractivity contribution in [2.45, 2.75) is 11.3 Å². The average Bonchev–Trinajstić information content (AvgIpc) is 2.02. The molecule has 0 aromatic heterocycles. The van der Waals surface area contributed by atoms with E-state index in [4.69, 9.17) is 10.7 Å². The van der Waals surface area contributed by atoms with Gasteiger partial charge in [0.25, 0.3) is 9.05 Å². The first-order valence-corrected chi connectivity index (χ1v) is 7.96. The van der Waals surface area contributed by atoms with E-state index >= 15 is 0 Å². The van der Waals surface area contributed by atoms with Gasteiger partial charge in [-0.15, -0.1) is 0 Å². The normalized spacial score (nSPS) is 11.6. The van der Waals surface area contributed by atoms with Crippen LogP contribution in [0.4, 0.5) is 0 Å². The quantitative estimate of drug-likeness (QED) is 0.611. The Morgan fingerprint density at radius 3 is 2.50 bits per heavy atom. The second kappa shape index (κ2) is 4.96. The highest BCUT2D eigenvalue weighted by Gasteiger charge is 2.14. The zero-order valence-corrected chi connectivity index (χ0v) is 11.7. The van der Waals surface area contributed by atoms with Gasteiger partial charge < -0.3 is 0 Å². The summed E-state index contributed by atoms with van der Waals surface area (Å²) in [6, 6.07) is 4.92. The Hall–Kier alpha value is 0.420. The summed E-state index contributed by atoms with van der Waals surface area (Å²) in [4.78, 5) is 0.182. The number of hydrogen-bond donors (Lipinski definition) is 0. The van der Waals surface area contributed by atoms with Crippen molar-refractivity contribution in [2.24, 2.45) is 0 Å². The fourth-order valence-corrected chi connectivity index (χ4v) is 3.08. The standard InChI is InChI=1S/C8H7Br2ClO2S/c9-4-3-6-5-7(10)1-2-8(6)14(11,12)13/h1-2,5H,3-4H2. The van der Waals surface area contributed by atoms with Crippen molar-refractivity contribution in [1.29, 1.82) is 0 Å². The molecular weight excluding hydrogens is 355 g/mol. The van der Waals surface area contributed by atoms with E-state index in [1.165, 1.54) is 6.07 Å². The molecule has 6 heteroatoms. The first-order valence-electron chi connectivity index (χ1n) is 3.74. The molecule has 0 aliphatic carbocycles. The molecule has 0 bridgehead atoms. The summed E-state index contributed by atoms with van der Waals surface area (Å²) in [6.45, 7) is 0. The summed E-state index contributed by atoms with van der Waals surface area (Å²) in [5, 5.41) is 0.697. The summed E-state index contributed by atoms with van der Waals surface area (Å²) < 4.78 is 23.2. The predicted molar refractivity (Wildman–Crippen MR) is 64.7 cm³/mol. The van der Waals surface area contributed by atoms with Crippen molar-refractivity contribution >= 4 is 51.6 Å². The number of aryl methyl sites for hydroxylation is 1. The second-order valence-corrected chi connectivity index (χ2v) is 6.87. The Bertz CT molecular complexity index is 431. The molecule has 0 saturated carbocycles. The van der Waals surface area contributed by atoms with Gasteiger partial charge in [0.1, 0.15) is 0 Å². The van der Waals surface area contributed by atoms with Crippen LogP contribution < -0.4 is 0 Å². The third-order valence-electron chi connectivity index (χ3n) is 1.65. The van der Waals surface area contributed by atoms with Crippen LogP contribution in [-0.2, 0) is 15.5 Å². The van der Waals surface area contributed by atoms with Crippen molar-refractivity contribution in [3.8, 4) is 0 Å². The monoisotopic (exact) mass is 360 g/mol. The molecule has 0 amide bonds. The van der Waals surface area contributed by atoms with Gasteiger partial charge in [-0.2, -0.15) is 0 Å². The molecule has 0 saturated heterocycles. The minimum absolute atomic E-state index is 0.182. The highest BCUT2D eigenvalue weighted by atomic mass is 79.9. The van der Waals surface area contributed by atoms with Crippen molar-refractivity contribution in [3.05, 3.63) is 28.2 Å². The number of halogens is 3. The van der Waals surface area contributed by atoms with Gasteiger partial charge in [-0.3, -0.25) is 0 Å². The van der Waals surface area contributed by atoms with Crippen LogP contribution in [-0.4, -0.2) is 13.7 Å². The van der Waals surface area contributed by atoms with Crippen LogP contribution in [0.25, 0.3) is 0 Å². The smallest absolute Gasteiger partial charge is 0.207 e. The first kappa shape index (κ1) is 12.5. The Balaban J connectivity index is 3.29. The number of rotatable bonds is 3. The Morgan fingerprint density at radius 2 is 2.00 bits per heavy atom. The van der Waals surface area contributed by atoms with Gasteiger partial charge in [0.15, 0.2) is 0 Å². The van der Waals surface area contributed by atoms with Crippen LogP contribution in [0.1, 0.15) is 5.56 Å². The molecular formula is C8H7Br2ClO2S. The maximum Gasteiger partial charge on any atom is 0.261 e. The Morgan fingerprint density at radius 1 is 1.36 bits per heavy atom. The molecule has 2 nitrogen and oxygen atoms in total. The van der Waals surface area contributed by atoms with E-state index in [0.29, 0.717) is 17.3 Å². The summed E-state index contributed by atoms with van der Waals surface area (Å²) in [5.41, 5.74) is 0.714. The van der Waals surface area contributed by atoms with E-state index in [2.05, 4.69) is 31.9 Å². The number of hydrogen-bond acceptors (Lipinski definition) is 2. The highest BCUT2D eigenvalue weighted by molar-refractivity contribution is 9.10. The molecule has 0 heterocycles. The van der Waals surface area contributed by atoms with Gasteiger partial charge in [0.2, 0.25) is 0 Å². The molecule has 0 aliphatic rings. The first-order chi connectivity index (χ1) is 6.45. The van der Waals surface area contributed by atoms with Crippen LogP contribution in [0.2, 0.25) is 0 Å². The molecule has 1 aromatic carbocycles. The van der Waals surface area contributed by atoms with E-state index in [-0.39, 0.29) is 4.90 Å². The lowest BCUT2D eigenvalue weighted by atomic mass is 10.2. The fourth-order valence-electron chi connectivity index (χ4n) is 1.08. The minimum Gasteiger partial charge on any atom is -0.207 e. The van der Waals surface area contributed by atoms with Crippen molar-refractivity contribution in [3.63, 3.8) is 0 Å². The lowest BCUT2D eigenvalue weighted by molar-refractivity contribution is 0.608. The fraction of sp³-hybridized carbons (Fsp3) is 0.250. The zero-order chi connectivity index (χ0) is 10.8. The van der Waals surface area contributed by atoms with Crippen molar-refractivity contribution in [2.75, 3.05) is 5.33 Å². The van der Waals surface area contributed by atoms with Gasteiger partial charge >= 0.3 is 0 Å². The van der Waals surface area contributed by atoms with E-state index in [0.717, 1.165) is 4.47 Å². The molecule has 14 heavy (non-hydrogen) atoms. The number of benzene rings is 1. The molecule has 0 fully saturated rings. The number of alkyl halides is 1. The van der Waals surface area contributed by atoms with Crippen LogP contribution >= 0.6 is 42.5 Å². The van der Waals surface area contributed by atoms with E-state index in [1.807, 2.05) is 0 Å². The van der Waals surface area contributed by atoms with Gasteiger partial charge in [0.05, 0.1) is 4.90 Å². The lowest BCUT2D eigenvalue weighted by Crippen LogP contribution is -1.98. The van der Waals surface area contributed by atoms with Gasteiger partial charge in [-0.25, -0.2) is 8.42 Å².